The third-order valence-corrected chi connectivity index (χ3v) is 5.05. The van der Waals surface area contributed by atoms with E-state index in [4.69, 9.17) is 34.7 Å². The molecule has 0 amide bonds. The summed E-state index contributed by atoms with van der Waals surface area (Å²) in [4.78, 5) is 8.23. The van der Waals surface area contributed by atoms with E-state index < -0.39 is 28.1 Å². The molecule has 0 saturated heterocycles. The van der Waals surface area contributed by atoms with E-state index in [0.717, 1.165) is 18.2 Å². The molecule has 0 spiro atoms. The van der Waals surface area contributed by atoms with Crippen LogP contribution >= 0.6 is 23.2 Å². The summed E-state index contributed by atoms with van der Waals surface area (Å²) >= 11 is 11.6. The number of benzene rings is 2. The minimum absolute atomic E-state index is 0.0980. The molecule has 0 saturated carbocycles. The molecular formula is C19H14Cl2F4N4. The van der Waals surface area contributed by atoms with Gasteiger partial charge in [-0.05, 0) is 35.9 Å². The number of rotatable bonds is 4. The third kappa shape index (κ3) is 4.20. The van der Waals surface area contributed by atoms with Crippen LogP contribution in [0.5, 0.6) is 0 Å². The Kier molecular flexibility index (Phi) is 5.82. The number of nitrogens with two attached hydrogens (primary N) is 2. The van der Waals surface area contributed by atoms with Gasteiger partial charge in [-0.1, -0.05) is 35.3 Å². The molecule has 4 nitrogen and oxygen atoms in total. The van der Waals surface area contributed by atoms with Gasteiger partial charge < -0.3 is 11.5 Å². The lowest BCUT2D eigenvalue weighted by atomic mass is 9.86. The van der Waals surface area contributed by atoms with Crippen molar-refractivity contribution in [2.24, 2.45) is 11.5 Å². The molecule has 2 aromatic carbocycles. The monoisotopic (exact) mass is 444 g/mol. The van der Waals surface area contributed by atoms with Gasteiger partial charge in [0.05, 0.1) is 32.5 Å². The van der Waals surface area contributed by atoms with Gasteiger partial charge in [0.25, 0.3) is 0 Å². The van der Waals surface area contributed by atoms with Crippen molar-refractivity contribution < 1.29 is 17.6 Å². The minimum atomic E-state index is -4.57. The Balaban J connectivity index is 2.06. The molecule has 0 aliphatic carbocycles. The molecular weight excluding hydrogens is 431 g/mol. The molecule has 29 heavy (non-hydrogen) atoms. The van der Waals surface area contributed by atoms with Crippen molar-refractivity contribution >= 4 is 23.2 Å². The van der Waals surface area contributed by atoms with Crippen LogP contribution in [0.4, 0.5) is 17.6 Å². The van der Waals surface area contributed by atoms with Gasteiger partial charge >= 0.3 is 6.18 Å². The summed E-state index contributed by atoms with van der Waals surface area (Å²) in [6.07, 6.45) is -3.36. The molecule has 4 N–H and O–H groups in total. The Morgan fingerprint density at radius 2 is 1.66 bits per heavy atom. The fourth-order valence-corrected chi connectivity index (χ4v) is 3.28. The van der Waals surface area contributed by atoms with E-state index in [1.807, 2.05) is 0 Å². The molecule has 3 aromatic rings. The van der Waals surface area contributed by atoms with Gasteiger partial charge in [0, 0.05) is 12.1 Å². The van der Waals surface area contributed by atoms with E-state index in [-0.39, 0.29) is 17.3 Å². The molecule has 10 heteroatoms. The smallest absolute Gasteiger partial charge is 0.328 e. The Hall–Kier alpha value is -2.26. The normalized spacial score (nSPS) is 13.9. The zero-order chi connectivity index (χ0) is 21.4. The predicted octanol–water partition coefficient (Wildman–Crippen LogP) is 4.77. The molecule has 1 unspecified atom stereocenters. The van der Waals surface area contributed by atoms with E-state index in [0.29, 0.717) is 16.8 Å². The summed E-state index contributed by atoms with van der Waals surface area (Å²) in [5.74, 6) is -0.613. The summed E-state index contributed by atoms with van der Waals surface area (Å²) in [7, 11) is 0. The van der Waals surface area contributed by atoms with Crippen molar-refractivity contribution in [1.82, 2.24) is 9.97 Å². The second-order valence-electron chi connectivity index (χ2n) is 6.29. The van der Waals surface area contributed by atoms with E-state index in [1.54, 1.807) is 0 Å². The van der Waals surface area contributed by atoms with Crippen LogP contribution in [0.25, 0.3) is 11.3 Å². The van der Waals surface area contributed by atoms with E-state index in [2.05, 4.69) is 9.97 Å². The molecule has 0 aliphatic rings. The van der Waals surface area contributed by atoms with Crippen molar-refractivity contribution in [2.75, 3.05) is 6.54 Å². The highest BCUT2D eigenvalue weighted by molar-refractivity contribution is 6.31. The number of hydrogen-bond acceptors (Lipinski definition) is 4. The van der Waals surface area contributed by atoms with Crippen LogP contribution in [0, 0.1) is 5.82 Å². The average molecular weight is 445 g/mol. The summed E-state index contributed by atoms with van der Waals surface area (Å²) < 4.78 is 52.3. The van der Waals surface area contributed by atoms with E-state index in [9.17, 15) is 17.6 Å². The fourth-order valence-electron chi connectivity index (χ4n) is 2.81. The first-order chi connectivity index (χ1) is 13.6. The summed E-state index contributed by atoms with van der Waals surface area (Å²) in [5, 5.41) is -0.590. The maximum Gasteiger partial charge on any atom is 0.417 e. The van der Waals surface area contributed by atoms with E-state index in [1.165, 1.54) is 30.6 Å². The number of alkyl halides is 3. The van der Waals surface area contributed by atoms with Crippen LogP contribution < -0.4 is 11.5 Å². The second kappa shape index (κ2) is 7.87. The topological polar surface area (TPSA) is 77.8 Å². The number of aromatic nitrogens is 2. The lowest BCUT2D eigenvalue weighted by Crippen LogP contribution is -2.45. The van der Waals surface area contributed by atoms with Gasteiger partial charge in [-0.2, -0.15) is 13.2 Å². The molecule has 1 heterocycles. The Morgan fingerprint density at radius 1 is 0.931 bits per heavy atom. The molecule has 0 aliphatic heterocycles. The molecule has 152 valence electrons. The molecule has 0 fully saturated rings. The average Bonchev–Trinajstić information content (AvgIpc) is 2.68. The first kappa shape index (κ1) is 21.4. The van der Waals surface area contributed by atoms with Crippen LogP contribution in [0.2, 0.25) is 10.0 Å². The molecule has 1 aromatic heterocycles. The summed E-state index contributed by atoms with van der Waals surface area (Å²) in [6.45, 7) is -0.0980. The Morgan fingerprint density at radius 3 is 2.24 bits per heavy atom. The first-order valence-corrected chi connectivity index (χ1v) is 8.96. The highest BCUT2D eigenvalue weighted by atomic mass is 35.5. The standard InChI is InChI=1S/C19H14Cl2F4N4/c20-13-5-10(1-3-12(13)19(23,24)25)16-7-17(29-9-28-16)18(27,8-26)11-2-4-15(22)14(21)6-11/h1-7,9H,8,26-27H2. The van der Waals surface area contributed by atoms with Crippen molar-refractivity contribution in [3.05, 3.63) is 81.5 Å². The summed E-state index contributed by atoms with van der Waals surface area (Å²) in [6, 6.07) is 8.71. The zero-order valence-electron chi connectivity index (χ0n) is 14.6. The molecule has 0 radical (unpaired) electrons. The quantitative estimate of drug-likeness (QED) is 0.568. The maximum atomic E-state index is 13.5. The van der Waals surface area contributed by atoms with Crippen molar-refractivity contribution in [3.8, 4) is 11.3 Å². The lowest BCUT2D eigenvalue weighted by Gasteiger charge is -2.28. The molecule has 3 rings (SSSR count). The van der Waals surface area contributed by atoms with Crippen molar-refractivity contribution in [1.29, 1.82) is 0 Å². The minimum Gasteiger partial charge on any atom is -0.328 e. The highest BCUT2D eigenvalue weighted by Gasteiger charge is 2.34. The van der Waals surface area contributed by atoms with Gasteiger partial charge in [0.2, 0.25) is 0 Å². The summed E-state index contributed by atoms with van der Waals surface area (Å²) in [5.41, 5.74) is 11.4. The van der Waals surface area contributed by atoms with Crippen LogP contribution in [0.15, 0.2) is 48.8 Å². The first-order valence-electron chi connectivity index (χ1n) is 8.20. The van der Waals surface area contributed by atoms with Crippen LogP contribution in [-0.2, 0) is 11.7 Å². The predicted molar refractivity (Wildman–Crippen MR) is 103 cm³/mol. The number of halogens is 6. The molecule has 1 atom stereocenters. The fraction of sp³-hybridized carbons (Fsp3) is 0.158. The van der Waals surface area contributed by atoms with Gasteiger partial charge in [-0.15, -0.1) is 0 Å². The Labute approximate surface area is 173 Å². The molecule has 0 bridgehead atoms. The van der Waals surface area contributed by atoms with Gasteiger partial charge in [-0.3, -0.25) is 0 Å². The van der Waals surface area contributed by atoms with Crippen LogP contribution in [-0.4, -0.2) is 16.5 Å². The third-order valence-electron chi connectivity index (χ3n) is 4.45. The lowest BCUT2D eigenvalue weighted by molar-refractivity contribution is -0.137. The highest BCUT2D eigenvalue weighted by Crippen LogP contribution is 2.37. The van der Waals surface area contributed by atoms with Crippen LogP contribution in [0.3, 0.4) is 0 Å². The van der Waals surface area contributed by atoms with Gasteiger partial charge in [-0.25, -0.2) is 14.4 Å². The SMILES string of the molecule is NCC(N)(c1ccc(F)c(Cl)c1)c1cc(-c2ccc(C(F)(F)F)c(Cl)c2)ncn1. The number of nitrogens with zero attached hydrogens (tertiary/aromatic N) is 2. The van der Waals surface area contributed by atoms with Crippen molar-refractivity contribution in [3.63, 3.8) is 0 Å². The van der Waals surface area contributed by atoms with Gasteiger partial charge in [0.1, 0.15) is 12.1 Å². The largest absolute Gasteiger partial charge is 0.417 e. The second-order valence-corrected chi connectivity index (χ2v) is 7.10. The number of hydrogen-bond donors (Lipinski definition) is 2. The van der Waals surface area contributed by atoms with Crippen molar-refractivity contribution in [2.45, 2.75) is 11.7 Å². The van der Waals surface area contributed by atoms with E-state index >= 15 is 0 Å². The Bertz CT molecular complexity index is 1060. The maximum absolute atomic E-state index is 13.5. The van der Waals surface area contributed by atoms with Gasteiger partial charge in [0.15, 0.2) is 0 Å². The van der Waals surface area contributed by atoms with Crippen LogP contribution in [0.1, 0.15) is 16.8 Å². The zero-order valence-corrected chi connectivity index (χ0v) is 16.2.